The van der Waals surface area contributed by atoms with E-state index in [-0.39, 0.29) is 0 Å². The van der Waals surface area contributed by atoms with Crippen LogP contribution in [-0.2, 0) is 4.79 Å². The molecule has 0 saturated heterocycles. The van der Waals surface area contributed by atoms with Crippen LogP contribution in [0.1, 0.15) is 6.92 Å². The largest absolute Gasteiger partial charge is 0.480 e. The topological polar surface area (TPSA) is 57.5 Å². The molecule has 4 heteroatoms. The van der Waals surface area contributed by atoms with Gasteiger partial charge in [-0.25, -0.2) is 0 Å². The van der Waals surface area contributed by atoms with Crippen molar-refractivity contribution in [3.63, 3.8) is 0 Å². The Labute approximate surface area is 52.9 Å². The highest BCUT2D eigenvalue weighted by Gasteiger charge is 2.02. The smallest absolute Gasteiger partial charge is 0.321 e. The summed E-state index contributed by atoms with van der Waals surface area (Å²) in [5.74, 6) is -0.975. The Balaban J connectivity index is 0. The molecule has 0 heterocycles. The van der Waals surface area contributed by atoms with E-state index in [0.29, 0.717) is 0 Å². The first-order valence-corrected chi connectivity index (χ1v) is 2.40. The summed E-state index contributed by atoms with van der Waals surface area (Å²) in [4.78, 5) is 9.57. The maximum absolute atomic E-state index is 9.57. The van der Waals surface area contributed by atoms with E-state index in [1.54, 1.807) is 0 Å². The van der Waals surface area contributed by atoms with Crippen LogP contribution in [0.2, 0.25) is 0 Å². The molecule has 0 aromatic heterocycles. The van der Waals surface area contributed by atoms with Crippen LogP contribution in [0.3, 0.4) is 0 Å². The second-order valence-electron chi connectivity index (χ2n) is 0.954. The molecule has 0 aliphatic carbocycles. The van der Waals surface area contributed by atoms with Crippen LogP contribution in [0.4, 0.5) is 0 Å². The number of aliphatic carboxylic acids is 1. The van der Waals surface area contributed by atoms with Crippen molar-refractivity contribution in [2.75, 3.05) is 7.11 Å². The molecular weight excluding hydrogens is 131 g/mol. The summed E-state index contributed by atoms with van der Waals surface area (Å²) in [6, 6.07) is 0. The molecule has 0 rings (SSSR count). The van der Waals surface area contributed by atoms with Crippen LogP contribution in [0.15, 0.2) is 0 Å². The number of hydrogen-bond donors (Lipinski definition) is 2. The van der Waals surface area contributed by atoms with Gasteiger partial charge in [0.15, 0.2) is 0 Å². The Kier molecular flexibility index (Phi) is 8.95. The second kappa shape index (κ2) is 6.72. The van der Waals surface area contributed by atoms with Gasteiger partial charge in [-0.3, -0.25) is 4.79 Å². The highest BCUT2D eigenvalue weighted by molar-refractivity contribution is 6.29. The predicted molar refractivity (Wildman–Crippen MR) is 31.1 cm³/mol. The lowest BCUT2D eigenvalue weighted by molar-refractivity contribution is -0.136. The molecule has 3 nitrogen and oxygen atoms in total. The number of carboxylic acid groups (broad SMARTS) is 1. The third kappa shape index (κ3) is 9.21. The first kappa shape index (κ1) is 10.7. The number of aliphatic hydroxyl groups excluding tert-OH is 1. The second-order valence-corrected chi connectivity index (χ2v) is 1.61. The van der Waals surface area contributed by atoms with Gasteiger partial charge in [0, 0.05) is 7.11 Å². The van der Waals surface area contributed by atoms with E-state index in [2.05, 4.69) is 0 Å². The van der Waals surface area contributed by atoms with E-state index >= 15 is 0 Å². The highest BCUT2D eigenvalue weighted by Crippen LogP contribution is 1.89. The molecule has 8 heavy (non-hydrogen) atoms. The normalized spacial score (nSPS) is 11.0. The molecule has 2 N–H and O–H groups in total. The zero-order valence-corrected chi connectivity index (χ0v) is 5.51. The molecule has 0 radical (unpaired) electrons. The van der Waals surface area contributed by atoms with Crippen LogP contribution in [0, 0.1) is 0 Å². The SMILES string of the molecule is CC(Cl)C(=O)O.CO. The van der Waals surface area contributed by atoms with Gasteiger partial charge in [-0.15, -0.1) is 11.6 Å². The van der Waals surface area contributed by atoms with Crippen molar-refractivity contribution in [2.45, 2.75) is 12.3 Å². The van der Waals surface area contributed by atoms with Gasteiger partial charge in [-0.1, -0.05) is 0 Å². The number of rotatable bonds is 1. The molecule has 0 aromatic carbocycles. The maximum atomic E-state index is 9.57. The molecule has 50 valence electrons. The summed E-state index contributed by atoms with van der Waals surface area (Å²) in [7, 11) is 1.00. The summed E-state index contributed by atoms with van der Waals surface area (Å²) < 4.78 is 0. The molecule has 0 amide bonds. The van der Waals surface area contributed by atoms with Crippen molar-refractivity contribution in [3.05, 3.63) is 0 Å². The number of carboxylic acids is 1. The molecule has 0 saturated carbocycles. The van der Waals surface area contributed by atoms with E-state index in [1.807, 2.05) is 0 Å². The van der Waals surface area contributed by atoms with E-state index < -0.39 is 11.3 Å². The fraction of sp³-hybridized carbons (Fsp3) is 0.750. The molecule has 0 spiro atoms. The molecule has 0 aliphatic rings. The van der Waals surface area contributed by atoms with Crippen molar-refractivity contribution in [2.24, 2.45) is 0 Å². The van der Waals surface area contributed by atoms with Crippen LogP contribution in [0.5, 0.6) is 0 Å². The van der Waals surface area contributed by atoms with E-state index in [9.17, 15) is 4.79 Å². The third-order valence-corrected chi connectivity index (χ3v) is 0.527. The van der Waals surface area contributed by atoms with Crippen LogP contribution >= 0.6 is 11.6 Å². The van der Waals surface area contributed by atoms with Crippen molar-refractivity contribution in [1.82, 2.24) is 0 Å². The Morgan fingerprint density at radius 1 is 1.62 bits per heavy atom. The van der Waals surface area contributed by atoms with Crippen LogP contribution < -0.4 is 0 Å². The number of alkyl halides is 1. The fourth-order valence-electron chi connectivity index (χ4n) is 0. The van der Waals surface area contributed by atoms with Gasteiger partial charge in [0.2, 0.25) is 0 Å². The summed E-state index contributed by atoms with van der Waals surface area (Å²) >= 11 is 5.01. The minimum absolute atomic E-state index is 0.759. The highest BCUT2D eigenvalue weighted by atomic mass is 35.5. The summed E-state index contributed by atoms with van der Waals surface area (Å²) in [6.07, 6.45) is 0. The molecule has 1 atom stereocenters. The lowest BCUT2D eigenvalue weighted by Gasteiger charge is -1.86. The Bertz CT molecular complexity index is 62.3. The minimum Gasteiger partial charge on any atom is -0.480 e. The van der Waals surface area contributed by atoms with E-state index in [4.69, 9.17) is 21.8 Å². The van der Waals surface area contributed by atoms with Crippen molar-refractivity contribution >= 4 is 17.6 Å². The van der Waals surface area contributed by atoms with Crippen LogP contribution in [-0.4, -0.2) is 28.7 Å². The fourth-order valence-corrected chi connectivity index (χ4v) is 0. The lowest BCUT2D eigenvalue weighted by atomic mass is 10.5. The van der Waals surface area contributed by atoms with Crippen LogP contribution in [0.25, 0.3) is 0 Å². The van der Waals surface area contributed by atoms with Gasteiger partial charge >= 0.3 is 5.97 Å². The molecule has 0 fully saturated rings. The number of halogens is 1. The van der Waals surface area contributed by atoms with Gasteiger partial charge in [0.1, 0.15) is 5.38 Å². The monoisotopic (exact) mass is 140 g/mol. The van der Waals surface area contributed by atoms with Crippen molar-refractivity contribution in [3.8, 4) is 0 Å². The summed E-state index contributed by atoms with van der Waals surface area (Å²) in [5.41, 5.74) is 0. The average Bonchev–Trinajstić information content (AvgIpc) is 1.72. The van der Waals surface area contributed by atoms with E-state index in [1.165, 1.54) is 6.92 Å². The minimum atomic E-state index is -0.975. The van der Waals surface area contributed by atoms with Gasteiger partial charge < -0.3 is 10.2 Å². The first-order chi connectivity index (χ1) is 3.64. The number of aliphatic hydroxyl groups is 1. The number of carbonyl (C=O) groups is 1. The summed E-state index contributed by atoms with van der Waals surface area (Å²) in [6.45, 7) is 1.41. The Morgan fingerprint density at radius 3 is 1.75 bits per heavy atom. The first-order valence-electron chi connectivity index (χ1n) is 1.96. The zero-order chi connectivity index (χ0) is 7.15. The maximum Gasteiger partial charge on any atom is 0.321 e. The number of hydrogen-bond acceptors (Lipinski definition) is 2. The Morgan fingerprint density at radius 2 is 1.75 bits per heavy atom. The van der Waals surface area contributed by atoms with Gasteiger partial charge in [0.25, 0.3) is 0 Å². The van der Waals surface area contributed by atoms with Gasteiger partial charge in [0.05, 0.1) is 0 Å². The average molecular weight is 141 g/mol. The molecule has 1 unspecified atom stereocenters. The quantitative estimate of drug-likeness (QED) is 0.516. The molecule has 0 aliphatic heterocycles. The van der Waals surface area contributed by atoms with Gasteiger partial charge in [-0.2, -0.15) is 0 Å². The van der Waals surface area contributed by atoms with Gasteiger partial charge in [-0.05, 0) is 6.92 Å². The van der Waals surface area contributed by atoms with Crippen molar-refractivity contribution in [1.29, 1.82) is 0 Å². The van der Waals surface area contributed by atoms with Crippen molar-refractivity contribution < 1.29 is 15.0 Å². The lowest BCUT2D eigenvalue weighted by Crippen LogP contribution is -2.06. The molecule has 0 aromatic rings. The third-order valence-electron chi connectivity index (χ3n) is 0.340. The standard InChI is InChI=1S/C3H5ClO2.CH4O/c1-2(4)3(5)6;1-2/h2H,1H3,(H,5,6);2H,1H3. The summed E-state index contributed by atoms with van der Waals surface area (Å²) in [5, 5.41) is 14.1. The molecule has 0 bridgehead atoms. The molecular formula is C4H9ClO3. The van der Waals surface area contributed by atoms with E-state index in [0.717, 1.165) is 7.11 Å². The predicted octanol–water partition coefficient (Wildman–Crippen LogP) is 0.307. The Hall–Kier alpha value is -0.280. The zero-order valence-electron chi connectivity index (χ0n) is 4.76.